The molecule has 0 saturated carbocycles. The summed E-state index contributed by atoms with van der Waals surface area (Å²) in [5.41, 5.74) is 3.22. The van der Waals surface area contributed by atoms with Crippen molar-refractivity contribution in [3.63, 3.8) is 0 Å². The van der Waals surface area contributed by atoms with Crippen LogP contribution >= 0.6 is 11.6 Å². The number of H-pyrrole nitrogens is 1. The molecule has 2 N–H and O–H groups in total. The number of aromatic nitrogens is 4. The molecule has 4 aromatic rings. The number of nitrogens with zero attached hydrogens (tertiary/aromatic N) is 3. The molecule has 0 atom stereocenters. The molecule has 0 aliphatic heterocycles. The third kappa shape index (κ3) is 4.36. The van der Waals surface area contributed by atoms with Crippen LogP contribution in [0.25, 0.3) is 22.5 Å². The third-order valence-corrected chi connectivity index (χ3v) is 5.43. The van der Waals surface area contributed by atoms with Crippen LogP contribution in [-0.4, -0.2) is 30.8 Å². The maximum atomic E-state index is 11.8. The molecule has 8 nitrogen and oxygen atoms in total. The highest BCUT2D eigenvalue weighted by Crippen LogP contribution is 2.31. The van der Waals surface area contributed by atoms with E-state index in [1.165, 1.54) is 0 Å². The van der Waals surface area contributed by atoms with Crippen LogP contribution < -0.4 is 5.76 Å². The van der Waals surface area contributed by atoms with Gasteiger partial charge in [0.2, 0.25) is 0 Å². The first-order valence-corrected chi connectivity index (χ1v) is 10.6. The molecule has 2 aromatic heterocycles. The van der Waals surface area contributed by atoms with E-state index >= 15 is 0 Å². The van der Waals surface area contributed by atoms with Gasteiger partial charge >= 0.3 is 11.7 Å². The SMILES string of the molecule is CCCCc1nc(Cl)c(C(=O)O)n1Cc1ccc(-c2ccccc2)c(-c2noc(=O)[nH]2)c1. The van der Waals surface area contributed by atoms with E-state index in [0.717, 1.165) is 29.5 Å². The normalized spacial score (nSPS) is 11.1. The highest BCUT2D eigenvalue weighted by atomic mass is 35.5. The summed E-state index contributed by atoms with van der Waals surface area (Å²) in [6, 6.07) is 15.4. The molecule has 0 spiro atoms. The lowest BCUT2D eigenvalue weighted by atomic mass is 9.97. The van der Waals surface area contributed by atoms with Gasteiger partial charge in [-0.05, 0) is 29.2 Å². The van der Waals surface area contributed by atoms with Crippen molar-refractivity contribution in [3.05, 3.63) is 81.3 Å². The van der Waals surface area contributed by atoms with Gasteiger partial charge in [-0.3, -0.25) is 9.51 Å². The molecule has 0 bridgehead atoms. The van der Waals surface area contributed by atoms with Crippen molar-refractivity contribution < 1.29 is 14.4 Å². The first-order valence-electron chi connectivity index (χ1n) is 10.2. The lowest BCUT2D eigenvalue weighted by Gasteiger charge is -2.13. The summed E-state index contributed by atoms with van der Waals surface area (Å²) in [6.07, 6.45) is 2.43. The number of carboxylic acid groups (broad SMARTS) is 1. The van der Waals surface area contributed by atoms with Gasteiger partial charge in [-0.2, -0.15) is 0 Å². The molecule has 9 heteroatoms. The number of carboxylic acids is 1. The molecule has 32 heavy (non-hydrogen) atoms. The number of nitrogens with one attached hydrogen (secondary N) is 1. The van der Waals surface area contributed by atoms with Crippen molar-refractivity contribution in [1.82, 2.24) is 19.7 Å². The molecule has 4 rings (SSSR count). The first-order chi connectivity index (χ1) is 15.5. The van der Waals surface area contributed by atoms with Crippen LogP contribution in [0, 0.1) is 0 Å². The quantitative estimate of drug-likeness (QED) is 0.402. The zero-order valence-corrected chi connectivity index (χ0v) is 18.1. The minimum absolute atomic E-state index is 0.0226. The van der Waals surface area contributed by atoms with Crippen molar-refractivity contribution in [2.75, 3.05) is 0 Å². The Kier molecular flexibility index (Phi) is 6.23. The predicted molar refractivity (Wildman–Crippen MR) is 120 cm³/mol. The van der Waals surface area contributed by atoms with Gasteiger partial charge in [0, 0.05) is 18.5 Å². The standard InChI is InChI=1S/C23H21ClN4O4/c1-2-3-9-18-25-20(24)19(22(29)30)28(18)13-14-10-11-16(15-7-5-4-6-8-15)17(12-14)21-26-23(31)32-27-21/h4-8,10-12H,2-3,9,13H2,1H3,(H,29,30)(H,26,27,31). The summed E-state index contributed by atoms with van der Waals surface area (Å²) in [5.74, 6) is -0.866. The summed E-state index contributed by atoms with van der Waals surface area (Å²) >= 11 is 6.15. The number of aromatic amines is 1. The zero-order valence-electron chi connectivity index (χ0n) is 17.3. The summed E-state index contributed by atoms with van der Waals surface area (Å²) in [7, 11) is 0. The van der Waals surface area contributed by atoms with Gasteiger partial charge in [-0.25, -0.2) is 14.6 Å². The maximum absolute atomic E-state index is 11.8. The Labute approximate surface area is 188 Å². The van der Waals surface area contributed by atoms with Crippen molar-refractivity contribution in [3.8, 4) is 22.5 Å². The van der Waals surface area contributed by atoms with E-state index < -0.39 is 11.7 Å². The topological polar surface area (TPSA) is 114 Å². The number of aryl methyl sites for hydroxylation is 1. The molecule has 2 heterocycles. The molecule has 0 saturated heterocycles. The van der Waals surface area contributed by atoms with E-state index in [-0.39, 0.29) is 17.4 Å². The minimum Gasteiger partial charge on any atom is -0.476 e. The van der Waals surface area contributed by atoms with Gasteiger partial charge in [-0.15, -0.1) is 0 Å². The zero-order chi connectivity index (χ0) is 22.7. The molecular formula is C23H21ClN4O4. The Morgan fingerprint density at radius 3 is 2.62 bits per heavy atom. The second-order valence-electron chi connectivity index (χ2n) is 7.35. The summed E-state index contributed by atoms with van der Waals surface area (Å²) in [4.78, 5) is 30.3. The largest absolute Gasteiger partial charge is 0.476 e. The highest BCUT2D eigenvalue weighted by molar-refractivity contribution is 6.32. The number of hydrogen-bond donors (Lipinski definition) is 2. The number of carbonyl (C=O) groups is 1. The Morgan fingerprint density at radius 2 is 1.97 bits per heavy atom. The van der Waals surface area contributed by atoms with E-state index in [9.17, 15) is 14.7 Å². The molecule has 0 radical (unpaired) electrons. The van der Waals surface area contributed by atoms with Gasteiger partial charge in [0.05, 0.1) is 0 Å². The average Bonchev–Trinajstić information content (AvgIpc) is 3.35. The molecular weight excluding hydrogens is 432 g/mol. The highest BCUT2D eigenvalue weighted by Gasteiger charge is 2.22. The molecule has 164 valence electrons. The number of hydrogen-bond acceptors (Lipinski definition) is 5. The van der Waals surface area contributed by atoms with Crippen molar-refractivity contribution in [2.45, 2.75) is 32.7 Å². The van der Waals surface area contributed by atoms with Crippen LogP contribution in [0.4, 0.5) is 0 Å². The number of unbranched alkanes of at least 4 members (excludes halogenated alkanes) is 1. The number of rotatable bonds is 8. The summed E-state index contributed by atoms with van der Waals surface area (Å²) in [5, 5.41) is 13.5. The number of halogens is 1. The fourth-order valence-electron chi connectivity index (χ4n) is 3.65. The van der Waals surface area contributed by atoms with E-state index in [1.807, 2.05) is 48.5 Å². The van der Waals surface area contributed by atoms with Crippen LogP contribution in [0.1, 0.15) is 41.6 Å². The second-order valence-corrected chi connectivity index (χ2v) is 7.71. The Hall–Kier alpha value is -3.65. The van der Waals surface area contributed by atoms with Gasteiger partial charge in [0.15, 0.2) is 16.7 Å². The van der Waals surface area contributed by atoms with Gasteiger partial charge < -0.3 is 9.67 Å². The summed E-state index contributed by atoms with van der Waals surface area (Å²) in [6.45, 7) is 2.31. The van der Waals surface area contributed by atoms with E-state index in [4.69, 9.17) is 16.1 Å². The second kappa shape index (κ2) is 9.23. The van der Waals surface area contributed by atoms with Crippen molar-refractivity contribution >= 4 is 17.6 Å². The first kappa shape index (κ1) is 21.6. The molecule has 2 aromatic carbocycles. The van der Waals surface area contributed by atoms with E-state index in [2.05, 4.69) is 22.0 Å². The fourth-order valence-corrected chi connectivity index (χ4v) is 3.93. The van der Waals surface area contributed by atoms with Crippen LogP contribution in [0.2, 0.25) is 5.15 Å². The van der Waals surface area contributed by atoms with Gasteiger partial charge in [0.25, 0.3) is 0 Å². The Morgan fingerprint density at radius 1 is 1.19 bits per heavy atom. The summed E-state index contributed by atoms with van der Waals surface area (Å²) < 4.78 is 6.35. The van der Waals surface area contributed by atoms with E-state index in [0.29, 0.717) is 23.6 Å². The van der Waals surface area contributed by atoms with Crippen LogP contribution in [0.15, 0.2) is 57.8 Å². The predicted octanol–water partition coefficient (Wildman–Crippen LogP) is 4.64. The number of imidazole rings is 1. The van der Waals surface area contributed by atoms with Crippen molar-refractivity contribution in [2.24, 2.45) is 0 Å². The van der Waals surface area contributed by atoms with Gasteiger partial charge in [-0.1, -0.05) is 72.6 Å². The molecule has 0 unspecified atom stereocenters. The minimum atomic E-state index is -1.13. The lowest BCUT2D eigenvalue weighted by molar-refractivity contribution is 0.0685. The Bertz CT molecular complexity index is 1310. The monoisotopic (exact) mass is 452 g/mol. The maximum Gasteiger partial charge on any atom is 0.439 e. The van der Waals surface area contributed by atoms with Gasteiger partial charge in [0.1, 0.15) is 5.82 Å². The fraction of sp³-hybridized carbons (Fsp3) is 0.217. The van der Waals surface area contributed by atoms with Crippen LogP contribution in [0.3, 0.4) is 0 Å². The number of aromatic carboxylic acids is 1. The lowest BCUT2D eigenvalue weighted by Crippen LogP contribution is -2.13. The molecule has 0 aliphatic rings. The smallest absolute Gasteiger partial charge is 0.439 e. The molecule has 0 aliphatic carbocycles. The molecule has 0 fully saturated rings. The number of benzene rings is 2. The third-order valence-electron chi connectivity index (χ3n) is 5.17. The van der Waals surface area contributed by atoms with Crippen LogP contribution in [-0.2, 0) is 13.0 Å². The van der Waals surface area contributed by atoms with Crippen molar-refractivity contribution in [1.29, 1.82) is 0 Å². The average molecular weight is 453 g/mol. The Balaban J connectivity index is 1.81. The van der Waals surface area contributed by atoms with E-state index in [1.54, 1.807) is 4.57 Å². The van der Waals surface area contributed by atoms with Crippen LogP contribution in [0.5, 0.6) is 0 Å². The molecule has 0 amide bonds.